The van der Waals surface area contributed by atoms with Gasteiger partial charge in [0.15, 0.2) is 0 Å². The maximum Gasteiger partial charge on any atom is 0.255 e. The molecule has 3 saturated heterocycles. The van der Waals surface area contributed by atoms with Crippen molar-refractivity contribution in [1.82, 2.24) is 10.2 Å². The molecule has 0 unspecified atom stereocenters. The van der Waals surface area contributed by atoms with Gasteiger partial charge in [0, 0.05) is 25.2 Å². The second-order valence-electron chi connectivity index (χ2n) is 5.86. The zero-order valence-electron chi connectivity index (χ0n) is 11.0. The fourth-order valence-electron chi connectivity index (χ4n) is 3.92. The Morgan fingerprint density at radius 2 is 2.11 bits per heavy atom. The van der Waals surface area contributed by atoms with Crippen LogP contribution in [0.5, 0.6) is 0 Å². The fraction of sp³-hybridized carbons (Fsp3) is 0.923. The largest absolute Gasteiger partial charge is 0.368 e. The topological polar surface area (TPSA) is 67.6 Å². The van der Waals surface area contributed by atoms with Crippen LogP contribution in [-0.2, 0) is 9.53 Å². The van der Waals surface area contributed by atoms with Crippen molar-refractivity contribution in [2.24, 2.45) is 5.73 Å². The van der Waals surface area contributed by atoms with E-state index in [-0.39, 0.29) is 18.0 Å². The third-order valence-corrected chi connectivity index (χ3v) is 5.01. The molecule has 0 radical (unpaired) electrons. The number of carbonyl (C=O) groups excluding carboxylic acids is 1. The summed E-state index contributed by atoms with van der Waals surface area (Å²) in [6, 6.07) is 0.784. The van der Waals surface area contributed by atoms with Gasteiger partial charge in [0.1, 0.15) is 5.60 Å². The summed E-state index contributed by atoms with van der Waals surface area (Å²) >= 11 is 0. The number of methoxy groups -OCH3 is 1. The van der Waals surface area contributed by atoms with Crippen molar-refractivity contribution in [3.8, 4) is 0 Å². The summed E-state index contributed by atoms with van der Waals surface area (Å²) in [4.78, 5) is 14.9. The van der Waals surface area contributed by atoms with Gasteiger partial charge in [-0.25, -0.2) is 0 Å². The van der Waals surface area contributed by atoms with Crippen LogP contribution in [0, 0.1) is 0 Å². The number of piperidine rings is 1. The number of nitrogens with two attached hydrogens (primary N) is 1. The quantitative estimate of drug-likeness (QED) is 0.718. The van der Waals surface area contributed by atoms with Crippen molar-refractivity contribution in [1.29, 1.82) is 0 Å². The van der Waals surface area contributed by atoms with Gasteiger partial charge in [-0.3, -0.25) is 4.79 Å². The van der Waals surface area contributed by atoms with Crippen LogP contribution in [-0.4, -0.2) is 54.7 Å². The molecule has 2 bridgehead atoms. The first-order valence-electron chi connectivity index (χ1n) is 7.02. The van der Waals surface area contributed by atoms with Gasteiger partial charge in [0.2, 0.25) is 0 Å². The molecule has 0 saturated carbocycles. The molecule has 3 aliphatic rings. The van der Waals surface area contributed by atoms with E-state index in [1.165, 1.54) is 0 Å². The number of nitrogens with zero attached hydrogens (tertiary/aromatic N) is 1. The van der Waals surface area contributed by atoms with E-state index in [9.17, 15) is 4.79 Å². The van der Waals surface area contributed by atoms with E-state index in [2.05, 4.69) is 10.2 Å². The first-order chi connectivity index (χ1) is 8.68. The second-order valence-corrected chi connectivity index (χ2v) is 5.86. The van der Waals surface area contributed by atoms with Crippen LogP contribution in [0.15, 0.2) is 0 Å². The van der Waals surface area contributed by atoms with Gasteiger partial charge in [0.05, 0.1) is 0 Å². The lowest BCUT2D eigenvalue weighted by molar-refractivity contribution is -0.159. The van der Waals surface area contributed by atoms with Gasteiger partial charge in [-0.15, -0.1) is 0 Å². The molecule has 3 fully saturated rings. The summed E-state index contributed by atoms with van der Waals surface area (Å²) in [5.41, 5.74) is 5.51. The molecule has 3 rings (SSSR count). The van der Waals surface area contributed by atoms with E-state index in [0.29, 0.717) is 6.04 Å². The summed E-state index contributed by atoms with van der Waals surface area (Å²) < 4.78 is 5.64. The van der Waals surface area contributed by atoms with Crippen LogP contribution in [0.2, 0.25) is 0 Å². The lowest BCUT2D eigenvalue weighted by atomic mass is 9.90. The summed E-state index contributed by atoms with van der Waals surface area (Å²) in [5.74, 6) is 0.187. The molecule has 1 amide bonds. The van der Waals surface area contributed by atoms with Crippen molar-refractivity contribution in [3.63, 3.8) is 0 Å². The first kappa shape index (κ1) is 12.4. The molecule has 3 aliphatic heterocycles. The second kappa shape index (κ2) is 4.47. The molecule has 0 aromatic rings. The Morgan fingerprint density at radius 3 is 2.61 bits per heavy atom. The van der Waals surface area contributed by atoms with E-state index in [1.54, 1.807) is 7.11 Å². The zero-order chi connectivity index (χ0) is 12.8. The fourth-order valence-corrected chi connectivity index (χ4v) is 3.92. The minimum atomic E-state index is -0.601. The smallest absolute Gasteiger partial charge is 0.255 e. The van der Waals surface area contributed by atoms with Crippen molar-refractivity contribution >= 4 is 5.91 Å². The molecule has 18 heavy (non-hydrogen) atoms. The molecular weight excluding hydrogens is 230 g/mol. The van der Waals surface area contributed by atoms with Crippen LogP contribution in [0.3, 0.4) is 0 Å². The number of hydrogen-bond acceptors (Lipinski definition) is 4. The summed E-state index contributed by atoms with van der Waals surface area (Å²) in [6.07, 6.45) is 4.69. The van der Waals surface area contributed by atoms with Crippen molar-refractivity contribution in [2.75, 3.05) is 20.2 Å². The number of amides is 1. The Kier molecular flexibility index (Phi) is 3.08. The lowest BCUT2D eigenvalue weighted by Crippen LogP contribution is -2.57. The van der Waals surface area contributed by atoms with Crippen LogP contribution in [0.25, 0.3) is 0 Å². The molecule has 3 heterocycles. The molecule has 0 aromatic heterocycles. The summed E-state index contributed by atoms with van der Waals surface area (Å²) in [6.45, 7) is 1.71. The van der Waals surface area contributed by atoms with Crippen molar-refractivity contribution in [3.05, 3.63) is 0 Å². The van der Waals surface area contributed by atoms with Crippen molar-refractivity contribution < 1.29 is 9.53 Å². The number of fused-ring (bicyclic) bond motifs is 2. The van der Waals surface area contributed by atoms with E-state index in [1.807, 2.05) is 0 Å². The molecule has 3 N–H and O–H groups in total. The highest BCUT2D eigenvalue weighted by molar-refractivity contribution is 5.86. The van der Waals surface area contributed by atoms with Gasteiger partial charge in [0.25, 0.3) is 5.91 Å². The van der Waals surface area contributed by atoms with E-state index < -0.39 is 5.60 Å². The Balaban J connectivity index is 1.81. The molecule has 5 heteroatoms. The predicted octanol–water partition coefficient (Wildman–Crippen LogP) is -0.154. The molecule has 0 spiro atoms. The molecule has 0 aromatic carbocycles. The maximum absolute atomic E-state index is 12.9. The molecule has 5 nitrogen and oxygen atoms in total. The maximum atomic E-state index is 12.9. The van der Waals surface area contributed by atoms with E-state index >= 15 is 0 Å². The Labute approximate surface area is 108 Å². The SMILES string of the molecule is COC1(C(=O)N2[C@@H]3CC[C@H]2[C@H](N)C3)CCNCC1. The normalized spacial score (nSPS) is 38.1. The van der Waals surface area contributed by atoms with Crippen LogP contribution >= 0.6 is 0 Å². The minimum absolute atomic E-state index is 0.170. The molecular formula is C13H23N3O2. The predicted molar refractivity (Wildman–Crippen MR) is 68.1 cm³/mol. The number of carbonyl (C=O) groups is 1. The number of hydrogen-bond donors (Lipinski definition) is 2. The third kappa shape index (κ3) is 1.68. The third-order valence-electron chi connectivity index (χ3n) is 5.01. The average Bonchev–Trinajstić information content (AvgIpc) is 2.95. The van der Waals surface area contributed by atoms with Crippen LogP contribution in [0.4, 0.5) is 0 Å². The van der Waals surface area contributed by atoms with Gasteiger partial charge in [-0.1, -0.05) is 0 Å². The average molecular weight is 253 g/mol. The lowest BCUT2D eigenvalue weighted by Gasteiger charge is -2.39. The zero-order valence-corrected chi connectivity index (χ0v) is 11.0. The molecule has 0 aliphatic carbocycles. The monoisotopic (exact) mass is 253 g/mol. The summed E-state index contributed by atoms with van der Waals surface area (Å²) in [5, 5.41) is 3.29. The van der Waals surface area contributed by atoms with Crippen molar-refractivity contribution in [2.45, 2.75) is 55.8 Å². The molecule has 102 valence electrons. The highest BCUT2D eigenvalue weighted by atomic mass is 16.5. The van der Waals surface area contributed by atoms with Gasteiger partial charge < -0.3 is 20.7 Å². The van der Waals surface area contributed by atoms with Gasteiger partial charge in [-0.2, -0.15) is 0 Å². The van der Waals surface area contributed by atoms with Gasteiger partial charge in [-0.05, 0) is 45.2 Å². The van der Waals surface area contributed by atoms with Crippen LogP contribution in [0.1, 0.15) is 32.1 Å². The highest BCUT2D eigenvalue weighted by Crippen LogP contribution is 2.40. The molecule has 3 atom stereocenters. The highest BCUT2D eigenvalue weighted by Gasteiger charge is 2.53. The number of ether oxygens (including phenoxy) is 1. The Morgan fingerprint density at radius 1 is 1.39 bits per heavy atom. The number of rotatable bonds is 2. The van der Waals surface area contributed by atoms with Gasteiger partial charge >= 0.3 is 0 Å². The first-order valence-corrected chi connectivity index (χ1v) is 7.02. The van der Waals surface area contributed by atoms with Crippen LogP contribution < -0.4 is 11.1 Å². The standard InChI is InChI=1S/C13H23N3O2/c1-18-13(4-6-15-7-5-13)12(17)16-9-2-3-11(16)10(14)8-9/h9-11,15H,2-8,14H2,1H3/t9-,10-,11+/m1/s1. The Bertz CT molecular complexity index is 341. The number of nitrogens with one attached hydrogen (secondary N) is 1. The van der Waals surface area contributed by atoms with E-state index in [0.717, 1.165) is 45.2 Å². The minimum Gasteiger partial charge on any atom is -0.368 e. The summed E-state index contributed by atoms with van der Waals surface area (Å²) in [7, 11) is 1.67. The van der Waals surface area contributed by atoms with E-state index in [4.69, 9.17) is 10.5 Å². The Hall–Kier alpha value is -0.650.